The number of carbonyl (C=O) groups is 1. The highest BCUT2D eigenvalue weighted by atomic mass is 32.2. The Morgan fingerprint density at radius 1 is 1.06 bits per heavy atom. The van der Waals surface area contributed by atoms with E-state index in [9.17, 15) is 4.79 Å². The molecule has 0 aliphatic heterocycles. The molecule has 0 spiro atoms. The van der Waals surface area contributed by atoms with Gasteiger partial charge >= 0.3 is 5.97 Å². The molecule has 0 bridgehead atoms. The highest BCUT2D eigenvalue weighted by molar-refractivity contribution is 7.98. The van der Waals surface area contributed by atoms with Crippen LogP contribution in [0.25, 0.3) is 22.4 Å². The molecule has 0 unspecified atom stereocenters. The lowest BCUT2D eigenvalue weighted by Crippen LogP contribution is -2.24. The number of hydrogen-bond donors (Lipinski definition) is 1. The Kier molecular flexibility index (Phi) is 9.05. The summed E-state index contributed by atoms with van der Waals surface area (Å²) in [6, 6.07) is 19.3. The molecule has 35 heavy (non-hydrogen) atoms. The summed E-state index contributed by atoms with van der Waals surface area (Å²) in [6.45, 7) is 3.43. The summed E-state index contributed by atoms with van der Waals surface area (Å²) in [5.41, 5.74) is 7.33. The van der Waals surface area contributed by atoms with Crippen LogP contribution >= 0.6 is 11.8 Å². The van der Waals surface area contributed by atoms with Gasteiger partial charge in [-0.25, -0.2) is 4.79 Å². The van der Waals surface area contributed by atoms with Crippen molar-refractivity contribution in [2.45, 2.75) is 45.6 Å². The molecule has 1 N–H and O–H groups in total. The van der Waals surface area contributed by atoms with Gasteiger partial charge < -0.3 is 9.84 Å². The van der Waals surface area contributed by atoms with E-state index in [0.717, 1.165) is 55.7 Å². The van der Waals surface area contributed by atoms with Gasteiger partial charge in [-0.2, -0.15) is 16.9 Å². The molecule has 0 atom stereocenters. The van der Waals surface area contributed by atoms with Crippen molar-refractivity contribution < 1.29 is 14.6 Å². The van der Waals surface area contributed by atoms with Gasteiger partial charge in [0.05, 0.1) is 6.61 Å². The van der Waals surface area contributed by atoms with Crippen molar-refractivity contribution in [1.82, 2.24) is 9.78 Å². The van der Waals surface area contributed by atoms with E-state index in [0.29, 0.717) is 18.4 Å². The lowest BCUT2D eigenvalue weighted by Gasteiger charge is -2.28. The molecular weight excluding hydrogens is 456 g/mol. The van der Waals surface area contributed by atoms with E-state index >= 15 is 0 Å². The van der Waals surface area contributed by atoms with Crippen LogP contribution in [0.5, 0.6) is 0 Å². The Labute approximate surface area is 212 Å². The van der Waals surface area contributed by atoms with Crippen LogP contribution in [0.15, 0.2) is 54.6 Å². The largest absolute Gasteiger partial charge is 0.480 e. The van der Waals surface area contributed by atoms with Crippen molar-refractivity contribution >= 4 is 17.7 Å². The van der Waals surface area contributed by atoms with Crippen molar-refractivity contribution in [3.05, 3.63) is 65.9 Å². The van der Waals surface area contributed by atoms with Crippen molar-refractivity contribution in [1.29, 1.82) is 0 Å². The smallest absolute Gasteiger partial charge is 0.329 e. The number of rotatable bonds is 11. The van der Waals surface area contributed by atoms with E-state index in [1.54, 1.807) is 0 Å². The van der Waals surface area contributed by atoms with Gasteiger partial charge in [0, 0.05) is 23.4 Å². The molecule has 1 aliphatic rings. The first kappa shape index (κ1) is 25.5. The predicted octanol–water partition coefficient (Wildman–Crippen LogP) is 6.34. The Hall–Kier alpha value is -2.57. The zero-order valence-corrected chi connectivity index (χ0v) is 21.6. The van der Waals surface area contributed by atoms with Gasteiger partial charge in [-0.1, -0.05) is 60.2 Å². The van der Waals surface area contributed by atoms with Crippen LogP contribution in [0.3, 0.4) is 0 Å². The molecule has 2 aromatic carbocycles. The second kappa shape index (κ2) is 12.4. The van der Waals surface area contributed by atoms with Crippen LogP contribution in [0.2, 0.25) is 0 Å². The summed E-state index contributed by atoms with van der Waals surface area (Å²) in [6.07, 6.45) is 7.58. The van der Waals surface area contributed by atoms with Gasteiger partial charge in [0.2, 0.25) is 0 Å². The average molecular weight is 493 g/mol. The minimum atomic E-state index is -0.895. The fraction of sp³-hybridized carbons (Fsp3) is 0.448. The van der Waals surface area contributed by atoms with E-state index in [4.69, 9.17) is 14.9 Å². The Morgan fingerprint density at radius 3 is 2.46 bits per heavy atom. The van der Waals surface area contributed by atoms with Crippen molar-refractivity contribution in [3.8, 4) is 22.4 Å². The lowest BCUT2D eigenvalue weighted by atomic mass is 9.82. The predicted molar refractivity (Wildman–Crippen MR) is 144 cm³/mol. The number of carboxylic acid groups (broad SMARTS) is 1. The maximum absolute atomic E-state index is 10.7. The summed E-state index contributed by atoms with van der Waals surface area (Å²) in [4.78, 5) is 10.7. The van der Waals surface area contributed by atoms with Gasteiger partial charge in [0.25, 0.3) is 0 Å². The van der Waals surface area contributed by atoms with Crippen molar-refractivity contribution in [3.63, 3.8) is 0 Å². The quantitative estimate of drug-likeness (QED) is 0.338. The Morgan fingerprint density at radius 2 is 1.77 bits per heavy atom. The maximum Gasteiger partial charge on any atom is 0.329 e. The van der Waals surface area contributed by atoms with E-state index in [2.05, 4.69) is 72.5 Å². The zero-order valence-electron chi connectivity index (χ0n) is 20.8. The molecule has 0 saturated heterocycles. The SMILES string of the molecule is CSCCc1c(-c2cccc(C)c2)c(-c2ccccc2)nn1C[C@H]1CC[C@@H](COCC(=O)O)CC1. The second-order valence-electron chi connectivity index (χ2n) is 9.63. The number of thioether (sulfide) groups is 1. The fourth-order valence-corrected chi connectivity index (χ4v) is 5.54. The fourth-order valence-electron chi connectivity index (χ4n) is 5.14. The minimum absolute atomic E-state index is 0.198. The summed E-state index contributed by atoms with van der Waals surface area (Å²) >= 11 is 1.88. The first-order chi connectivity index (χ1) is 17.0. The number of aryl methyl sites for hydroxylation is 1. The van der Waals surface area contributed by atoms with Gasteiger partial charge in [-0.05, 0) is 68.4 Å². The van der Waals surface area contributed by atoms with Crippen LogP contribution in [0.4, 0.5) is 0 Å². The highest BCUT2D eigenvalue weighted by Crippen LogP contribution is 2.37. The molecule has 0 amide bonds. The van der Waals surface area contributed by atoms with Gasteiger partial charge in [0.1, 0.15) is 12.3 Å². The highest BCUT2D eigenvalue weighted by Gasteiger charge is 2.26. The maximum atomic E-state index is 10.7. The normalized spacial score (nSPS) is 18.0. The number of nitrogens with zero attached hydrogens (tertiary/aromatic N) is 2. The zero-order chi connectivity index (χ0) is 24.6. The molecule has 4 rings (SSSR count). The van der Waals surface area contributed by atoms with E-state index < -0.39 is 5.97 Å². The molecule has 6 heteroatoms. The third kappa shape index (κ3) is 6.77. The number of benzene rings is 2. The second-order valence-corrected chi connectivity index (χ2v) is 10.6. The molecule has 0 radical (unpaired) electrons. The van der Waals surface area contributed by atoms with E-state index in [-0.39, 0.29) is 6.61 Å². The summed E-state index contributed by atoms with van der Waals surface area (Å²) in [5, 5.41) is 14.0. The standard InChI is InChI=1S/C29H36N2O3S/c1-21-7-6-10-25(17-21)28-26(15-16-35-2)31(30-29(28)24-8-4-3-5-9-24)18-22-11-13-23(14-12-22)19-34-20-27(32)33/h3-10,17,22-23H,11-16,18-20H2,1-2H3,(H,32,33)/t22-,23+. The third-order valence-corrected chi connectivity index (χ3v) is 7.54. The van der Waals surface area contributed by atoms with Gasteiger partial charge in [-0.15, -0.1) is 0 Å². The lowest BCUT2D eigenvalue weighted by molar-refractivity contribution is -0.142. The number of aliphatic carboxylic acids is 1. The summed E-state index contributed by atoms with van der Waals surface area (Å²) < 4.78 is 7.65. The molecule has 1 saturated carbocycles. The number of carboxylic acids is 1. The molecule has 186 valence electrons. The van der Waals surface area contributed by atoms with Crippen LogP contribution in [-0.4, -0.2) is 46.1 Å². The number of aromatic nitrogens is 2. The van der Waals surface area contributed by atoms with E-state index in [1.165, 1.54) is 22.4 Å². The molecule has 1 aliphatic carbocycles. The first-order valence-corrected chi connectivity index (χ1v) is 13.9. The van der Waals surface area contributed by atoms with Gasteiger partial charge in [-0.3, -0.25) is 4.68 Å². The average Bonchev–Trinajstić information content (AvgIpc) is 3.22. The van der Waals surface area contributed by atoms with Crippen LogP contribution in [-0.2, 0) is 22.5 Å². The Balaban J connectivity index is 1.60. The molecule has 5 nitrogen and oxygen atoms in total. The number of ether oxygens (including phenoxy) is 1. The van der Waals surface area contributed by atoms with Crippen LogP contribution in [0.1, 0.15) is 36.9 Å². The van der Waals surface area contributed by atoms with Crippen molar-refractivity contribution in [2.24, 2.45) is 11.8 Å². The Bertz CT molecular complexity index is 1100. The monoisotopic (exact) mass is 492 g/mol. The number of hydrogen-bond acceptors (Lipinski definition) is 4. The molecule has 1 heterocycles. The molecule has 1 aromatic heterocycles. The molecule has 3 aromatic rings. The first-order valence-electron chi connectivity index (χ1n) is 12.6. The van der Waals surface area contributed by atoms with E-state index in [1.807, 2.05) is 11.8 Å². The van der Waals surface area contributed by atoms with Crippen LogP contribution < -0.4 is 0 Å². The molecular formula is C29H36N2O3S. The minimum Gasteiger partial charge on any atom is -0.480 e. The van der Waals surface area contributed by atoms with Gasteiger partial charge in [0.15, 0.2) is 0 Å². The van der Waals surface area contributed by atoms with Crippen LogP contribution in [0, 0.1) is 18.8 Å². The summed E-state index contributed by atoms with van der Waals surface area (Å²) in [7, 11) is 0. The topological polar surface area (TPSA) is 64.4 Å². The summed E-state index contributed by atoms with van der Waals surface area (Å²) in [5.74, 6) is 1.20. The van der Waals surface area contributed by atoms with Crippen molar-refractivity contribution in [2.75, 3.05) is 25.2 Å². The third-order valence-electron chi connectivity index (χ3n) is 6.93. The molecule has 1 fully saturated rings.